The lowest BCUT2D eigenvalue weighted by Gasteiger charge is -2.13. The Morgan fingerprint density at radius 1 is 1.11 bits per heavy atom. The fraction of sp³-hybridized carbons (Fsp3) is 0.182. The Kier molecular flexibility index (Phi) is 5.79. The van der Waals surface area contributed by atoms with Gasteiger partial charge in [0.25, 0.3) is 0 Å². The molecule has 0 radical (unpaired) electrons. The SMILES string of the molecule is CO/C=C(/C(=O)OC)c1ccccc1COc1ccc2oc(=O)cc(C)c2c1. The van der Waals surface area contributed by atoms with Crippen LogP contribution in [0.15, 0.2) is 64.0 Å². The minimum atomic E-state index is -0.495. The van der Waals surface area contributed by atoms with E-state index in [1.165, 1.54) is 26.5 Å². The van der Waals surface area contributed by atoms with Gasteiger partial charge in [0.2, 0.25) is 0 Å². The second kappa shape index (κ2) is 8.43. The standard InChI is InChI=1S/C22H20O6/c1-14-10-21(23)28-20-9-8-16(11-18(14)20)27-12-15-6-4-5-7-17(15)19(13-25-2)22(24)26-3/h4-11,13H,12H2,1-3H3/b19-13+. The molecule has 1 heterocycles. The summed E-state index contributed by atoms with van der Waals surface area (Å²) < 4.78 is 21.0. The lowest BCUT2D eigenvalue weighted by atomic mass is 10.0. The summed E-state index contributed by atoms with van der Waals surface area (Å²) in [5.41, 5.74) is 2.71. The molecule has 0 spiro atoms. The number of carbonyl (C=O) groups is 1. The molecular formula is C22H20O6. The highest BCUT2D eigenvalue weighted by molar-refractivity contribution is 6.16. The van der Waals surface area contributed by atoms with E-state index in [9.17, 15) is 9.59 Å². The molecule has 0 fully saturated rings. The average Bonchev–Trinajstić information content (AvgIpc) is 2.70. The van der Waals surface area contributed by atoms with Crippen molar-refractivity contribution in [3.63, 3.8) is 0 Å². The highest BCUT2D eigenvalue weighted by Crippen LogP contribution is 2.25. The normalized spacial score (nSPS) is 11.3. The maximum Gasteiger partial charge on any atom is 0.341 e. The largest absolute Gasteiger partial charge is 0.503 e. The van der Waals surface area contributed by atoms with E-state index in [1.54, 1.807) is 18.2 Å². The number of aryl methyl sites for hydroxylation is 1. The van der Waals surface area contributed by atoms with Crippen molar-refractivity contribution in [3.8, 4) is 5.75 Å². The predicted molar refractivity (Wildman–Crippen MR) is 105 cm³/mol. The summed E-state index contributed by atoms with van der Waals surface area (Å²) in [6, 6.07) is 14.1. The number of ether oxygens (including phenoxy) is 3. The van der Waals surface area contributed by atoms with Crippen molar-refractivity contribution in [3.05, 3.63) is 81.9 Å². The molecule has 0 amide bonds. The number of hydrogen-bond donors (Lipinski definition) is 0. The highest BCUT2D eigenvalue weighted by Gasteiger charge is 2.17. The third kappa shape index (κ3) is 4.06. The van der Waals surface area contributed by atoms with E-state index < -0.39 is 5.97 Å². The lowest BCUT2D eigenvalue weighted by Crippen LogP contribution is -2.08. The molecule has 0 aliphatic carbocycles. The zero-order valence-electron chi connectivity index (χ0n) is 15.9. The smallest absolute Gasteiger partial charge is 0.341 e. The molecule has 1 aromatic heterocycles. The zero-order valence-corrected chi connectivity index (χ0v) is 15.9. The summed E-state index contributed by atoms with van der Waals surface area (Å²) in [6.07, 6.45) is 1.35. The first-order valence-electron chi connectivity index (χ1n) is 8.60. The number of carbonyl (C=O) groups excluding carboxylic acids is 1. The minimum absolute atomic E-state index is 0.232. The average molecular weight is 380 g/mol. The van der Waals surface area contributed by atoms with Gasteiger partial charge >= 0.3 is 11.6 Å². The topological polar surface area (TPSA) is 75.0 Å². The van der Waals surface area contributed by atoms with Crippen LogP contribution in [-0.4, -0.2) is 20.2 Å². The number of methoxy groups -OCH3 is 2. The van der Waals surface area contributed by atoms with Crippen molar-refractivity contribution in [2.24, 2.45) is 0 Å². The van der Waals surface area contributed by atoms with Crippen LogP contribution in [0.5, 0.6) is 5.75 Å². The van der Waals surface area contributed by atoms with Crippen LogP contribution in [0.4, 0.5) is 0 Å². The second-order valence-corrected chi connectivity index (χ2v) is 6.11. The molecule has 28 heavy (non-hydrogen) atoms. The fourth-order valence-corrected chi connectivity index (χ4v) is 2.91. The Labute approximate surface area is 162 Å². The Hall–Kier alpha value is -3.54. The first kappa shape index (κ1) is 19.2. The van der Waals surface area contributed by atoms with Gasteiger partial charge in [0.1, 0.15) is 23.5 Å². The summed E-state index contributed by atoms with van der Waals surface area (Å²) in [5.74, 6) is 0.125. The molecule has 144 valence electrons. The predicted octanol–water partition coefficient (Wildman–Crippen LogP) is 3.84. The number of fused-ring (bicyclic) bond motifs is 1. The van der Waals surface area contributed by atoms with Gasteiger partial charge in [0.15, 0.2) is 0 Å². The van der Waals surface area contributed by atoms with Crippen LogP contribution in [0, 0.1) is 6.92 Å². The van der Waals surface area contributed by atoms with Gasteiger partial charge in [-0.15, -0.1) is 0 Å². The third-order valence-electron chi connectivity index (χ3n) is 4.26. The summed E-state index contributed by atoms with van der Waals surface area (Å²) in [6.45, 7) is 2.08. The number of hydrogen-bond acceptors (Lipinski definition) is 6. The third-order valence-corrected chi connectivity index (χ3v) is 4.26. The van der Waals surface area contributed by atoms with E-state index in [2.05, 4.69) is 0 Å². The van der Waals surface area contributed by atoms with Gasteiger partial charge < -0.3 is 18.6 Å². The molecule has 0 N–H and O–H groups in total. The first-order valence-corrected chi connectivity index (χ1v) is 8.60. The van der Waals surface area contributed by atoms with Gasteiger partial charge in [-0.3, -0.25) is 0 Å². The van der Waals surface area contributed by atoms with E-state index >= 15 is 0 Å². The minimum Gasteiger partial charge on any atom is -0.503 e. The zero-order chi connectivity index (χ0) is 20.1. The molecule has 6 heteroatoms. The van der Waals surface area contributed by atoms with Crippen LogP contribution < -0.4 is 10.4 Å². The number of rotatable bonds is 6. The Morgan fingerprint density at radius 2 is 1.89 bits per heavy atom. The van der Waals surface area contributed by atoms with Gasteiger partial charge in [0, 0.05) is 11.5 Å². The van der Waals surface area contributed by atoms with Crippen LogP contribution in [0.1, 0.15) is 16.7 Å². The maximum absolute atomic E-state index is 12.1. The Bertz CT molecular complexity index is 1090. The molecular weight excluding hydrogens is 360 g/mol. The maximum atomic E-state index is 12.1. The number of esters is 1. The monoisotopic (exact) mass is 380 g/mol. The van der Waals surface area contributed by atoms with Crippen molar-refractivity contribution in [2.75, 3.05) is 14.2 Å². The molecule has 3 rings (SSSR count). The van der Waals surface area contributed by atoms with Gasteiger partial charge in [0.05, 0.1) is 20.5 Å². The summed E-state index contributed by atoms with van der Waals surface area (Å²) in [5, 5.41) is 0.805. The molecule has 0 aliphatic rings. The quantitative estimate of drug-likeness (QED) is 0.280. The van der Waals surface area contributed by atoms with Crippen molar-refractivity contribution in [2.45, 2.75) is 13.5 Å². The van der Waals surface area contributed by atoms with Crippen molar-refractivity contribution < 1.29 is 23.4 Å². The Morgan fingerprint density at radius 3 is 2.64 bits per heavy atom. The van der Waals surface area contributed by atoms with Crippen LogP contribution in [0.2, 0.25) is 0 Å². The molecule has 0 saturated heterocycles. The van der Waals surface area contributed by atoms with Crippen LogP contribution >= 0.6 is 0 Å². The molecule has 0 aliphatic heterocycles. The lowest BCUT2D eigenvalue weighted by molar-refractivity contribution is -0.133. The van der Waals surface area contributed by atoms with E-state index in [0.717, 1.165) is 16.5 Å². The van der Waals surface area contributed by atoms with E-state index in [1.807, 2.05) is 31.2 Å². The van der Waals surface area contributed by atoms with Crippen LogP contribution in [0.3, 0.4) is 0 Å². The molecule has 3 aromatic rings. The second-order valence-electron chi connectivity index (χ2n) is 6.11. The van der Waals surface area contributed by atoms with Crippen molar-refractivity contribution in [1.29, 1.82) is 0 Å². The number of benzene rings is 2. The van der Waals surface area contributed by atoms with Gasteiger partial charge in [-0.2, -0.15) is 0 Å². The van der Waals surface area contributed by atoms with Gasteiger partial charge in [-0.25, -0.2) is 9.59 Å². The summed E-state index contributed by atoms with van der Waals surface area (Å²) in [4.78, 5) is 23.6. The molecule has 2 aromatic carbocycles. The van der Waals surface area contributed by atoms with E-state index in [-0.39, 0.29) is 12.2 Å². The Balaban J connectivity index is 1.89. The van der Waals surface area contributed by atoms with Crippen molar-refractivity contribution in [1.82, 2.24) is 0 Å². The molecule has 0 unspecified atom stereocenters. The molecule has 6 nitrogen and oxygen atoms in total. The van der Waals surface area contributed by atoms with Crippen LogP contribution in [0.25, 0.3) is 16.5 Å². The van der Waals surface area contributed by atoms with Gasteiger partial charge in [-0.05, 0) is 41.8 Å². The summed E-state index contributed by atoms with van der Waals surface area (Å²) in [7, 11) is 2.79. The molecule has 0 saturated carbocycles. The molecule has 0 atom stereocenters. The molecule has 0 bridgehead atoms. The van der Waals surface area contributed by atoms with E-state index in [4.69, 9.17) is 18.6 Å². The summed E-state index contributed by atoms with van der Waals surface area (Å²) >= 11 is 0. The van der Waals surface area contributed by atoms with Crippen molar-refractivity contribution >= 4 is 22.5 Å². The van der Waals surface area contributed by atoms with Gasteiger partial charge in [-0.1, -0.05) is 24.3 Å². The van der Waals surface area contributed by atoms with Crippen LogP contribution in [-0.2, 0) is 20.9 Å². The highest BCUT2D eigenvalue weighted by atomic mass is 16.5. The first-order chi connectivity index (χ1) is 13.5. The van der Waals surface area contributed by atoms with E-state index in [0.29, 0.717) is 22.5 Å². The fourth-order valence-electron chi connectivity index (χ4n) is 2.91.